The second-order valence-corrected chi connectivity index (χ2v) is 3.07. The molecule has 0 radical (unpaired) electrons. The van der Waals surface area contributed by atoms with Gasteiger partial charge < -0.3 is 15.4 Å². The quantitative estimate of drug-likeness (QED) is 0.743. The molecule has 2 N–H and O–H groups in total. The normalized spacial score (nSPS) is 9.73. The first kappa shape index (κ1) is 11.5. The fourth-order valence-electron chi connectivity index (χ4n) is 1.25. The summed E-state index contributed by atoms with van der Waals surface area (Å²) in [6, 6.07) is 7.47. The van der Waals surface area contributed by atoms with Gasteiger partial charge in [-0.3, -0.25) is 0 Å². The average Bonchev–Trinajstić information content (AvgIpc) is 2.27. The number of amides is 2. The Hall–Kier alpha value is -1.55. The molecule has 0 saturated carbocycles. The summed E-state index contributed by atoms with van der Waals surface area (Å²) in [4.78, 5) is 11.3. The van der Waals surface area contributed by atoms with Gasteiger partial charge in [0.05, 0.1) is 0 Å². The average molecular weight is 208 g/mol. The summed E-state index contributed by atoms with van der Waals surface area (Å²) in [5, 5.41) is 5.33. The zero-order chi connectivity index (χ0) is 11.1. The molecule has 4 heteroatoms. The van der Waals surface area contributed by atoms with E-state index >= 15 is 0 Å². The van der Waals surface area contributed by atoms with Crippen LogP contribution in [0.4, 0.5) is 10.5 Å². The second kappa shape index (κ2) is 6.03. The van der Waals surface area contributed by atoms with E-state index in [4.69, 9.17) is 4.74 Å². The van der Waals surface area contributed by atoms with Crippen molar-refractivity contribution < 1.29 is 9.53 Å². The third-order valence-electron chi connectivity index (χ3n) is 2.02. The highest BCUT2D eigenvalue weighted by Crippen LogP contribution is 2.14. The van der Waals surface area contributed by atoms with E-state index in [-0.39, 0.29) is 12.8 Å². The van der Waals surface area contributed by atoms with E-state index in [0.29, 0.717) is 0 Å². The van der Waals surface area contributed by atoms with Crippen LogP contribution in [0, 0.1) is 0 Å². The zero-order valence-electron chi connectivity index (χ0n) is 9.04. The first-order valence-corrected chi connectivity index (χ1v) is 4.89. The smallest absolute Gasteiger partial charge is 0.321 e. The summed E-state index contributed by atoms with van der Waals surface area (Å²) in [5.41, 5.74) is 1.96. The number of ether oxygens (including phenoxy) is 1. The lowest BCUT2D eigenvalue weighted by atomic mass is 10.1. The van der Waals surface area contributed by atoms with Crippen LogP contribution in [0.3, 0.4) is 0 Å². The molecule has 0 spiro atoms. The minimum absolute atomic E-state index is 0.208. The van der Waals surface area contributed by atoms with Crippen LogP contribution >= 0.6 is 0 Å². The van der Waals surface area contributed by atoms with Crippen molar-refractivity contribution in [1.29, 1.82) is 0 Å². The molecule has 4 nitrogen and oxygen atoms in total. The largest absolute Gasteiger partial charge is 0.364 e. The Labute approximate surface area is 89.6 Å². The molecule has 0 unspecified atom stereocenters. The highest BCUT2D eigenvalue weighted by Gasteiger charge is 2.03. The van der Waals surface area contributed by atoms with Gasteiger partial charge in [-0.25, -0.2) is 4.79 Å². The molecule has 0 fully saturated rings. The van der Waals surface area contributed by atoms with Crippen LogP contribution in [0.5, 0.6) is 0 Å². The van der Waals surface area contributed by atoms with Gasteiger partial charge in [0.2, 0.25) is 0 Å². The molecule has 82 valence electrons. The molecule has 2 amide bonds. The number of aryl methyl sites for hydroxylation is 1. The van der Waals surface area contributed by atoms with Gasteiger partial charge in [0.15, 0.2) is 0 Å². The Morgan fingerprint density at radius 2 is 2.13 bits per heavy atom. The van der Waals surface area contributed by atoms with Crippen molar-refractivity contribution in [1.82, 2.24) is 5.32 Å². The molecule has 1 aromatic rings. The fraction of sp³-hybridized carbons (Fsp3) is 0.364. The van der Waals surface area contributed by atoms with Crippen molar-refractivity contribution in [3.8, 4) is 0 Å². The summed E-state index contributed by atoms with van der Waals surface area (Å²) in [6.07, 6.45) is 0.890. The monoisotopic (exact) mass is 208 g/mol. The maximum Gasteiger partial charge on any atom is 0.321 e. The number of methoxy groups -OCH3 is 1. The van der Waals surface area contributed by atoms with Crippen LogP contribution in [0.15, 0.2) is 24.3 Å². The lowest BCUT2D eigenvalue weighted by molar-refractivity contribution is 0.177. The predicted octanol–water partition coefficient (Wildman–Crippen LogP) is 1.97. The van der Waals surface area contributed by atoms with Crippen LogP contribution < -0.4 is 10.6 Å². The maximum atomic E-state index is 11.3. The zero-order valence-corrected chi connectivity index (χ0v) is 9.04. The number of hydrogen-bond donors (Lipinski definition) is 2. The van der Waals surface area contributed by atoms with Crippen LogP contribution in [-0.2, 0) is 11.2 Å². The van der Waals surface area contributed by atoms with E-state index in [9.17, 15) is 4.79 Å². The first-order valence-electron chi connectivity index (χ1n) is 4.89. The van der Waals surface area contributed by atoms with E-state index in [1.54, 1.807) is 0 Å². The van der Waals surface area contributed by atoms with E-state index in [2.05, 4.69) is 10.6 Å². The van der Waals surface area contributed by atoms with Crippen molar-refractivity contribution in [2.75, 3.05) is 19.2 Å². The van der Waals surface area contributed by atoms with E-state index in [1.807, 2.05) is 31.2 Å². The number of carbonyl (C=O) groups excluding carboxylic acids is 1. The Bertz CT molecular complexity index is 326. The second-order valence-electron chi connectivity index (χ2n) is 3.07. The topological polar surface area (TPSA) is 50.4 Å². The Kier molecular flexibility index (Phi) is 4.63. The van der Waals surface area contributed by atoms with Gasteiger partial charge in [0.25, 0.3) is 0 Å². The minimum atomic E-state index is -0.252. The Morgan fingerprint density at radius 1 is 1.40 bits per heavy atom. The van der Waals surface area contributed by atoms with Crippen LogP contribution in [0.25, 0.3) is 0 Å². The molecule has 15 heavy (non-hydrogen) atoms. The molecule has 0 bridgehead atoms. The van der Waals surface area contributed by atoms with Gasteiger partial charge in [-0.15, -0.1) is 0 Å². The molecule has 1 rings (SSSR count). The predicted molar refractivity (Wildman–Crippen MR) is 59.9 cm³/mol. The van der Waals surface area contributed by atoms with Crippen molar-refractivity contribution >= 4 is 11.7 Å². The molecule has 0 atom stereocenters. The lowest BCUT2D eigenvalue weighted by Crippen LogP contribution is -2.30. The first-order chi connectivity index (χ1) is 7.27. The van der Waals surface area contributed by atoms with Crippen molar-refractivity contribution in [3.05, 3.63) is 29.8 Å². The Balaban J connectivity index is 2.59. The van der Waals surface area contributed by atoms with E-state index in [1.165, 1.54) is 7.11 Å². The lowest BCUT2D eigenvalue weighted by Gasteiger charge is -2.10. The standard InChI is InChI=1S/C11H16N2O2/c1-3-9-6-4-5-7-10(9)13-11(14)12-8-15-2/h4-7H,3,8H2,1-2H3,(H2,12,13,14). The third kappa shape index (κ3) is 3.59. The van der Waals surface area contributed by atoms with Gasteiger partial charge >= 0.3 is 6.03 Å². The van der Waals surface area contributed by atoms with Crippen LogP contribution in [0.1, 0.15) is 12.5 Å². The molecule has 1 aromatic carbocycles. The summed E-state index contributed by atoms with van der Waals surface area (Å²) in [7, 11) is 1.53. The minimum Gasteiger partial charge on any atom is -0.364 e. The number of rotatable bonds is 4. The van der Waals surface area contributed by atoms with Gasteiger partial charge in [0.1, 0.15) is 6.73 Å². The summed E-state index contributed by atoms with van der Waals surface area (Å²) < 4.78 is 4.73. The van der Waals surface area contributed by atoms with Crippen molar-refractivity contribution in [2.24, 2.45) is 0 Å². The van der Waals surface area contributed by atoms with Gasteiger partial charge in [-0.05, 0) is 18.1 Å². The number of hydrogen-bond acceptors (Lipinski definition) is 2. The van der Waals surface area contributed by atoms with Gasteiger partial charge in [0, 0.05) is 12.8 Å². The Morgan fingerprint density at radius 3 is 2.80 bits per heavy atom. The van der Waals surface area contributed by atoms with Crippen LogP contribution in [0.2, 0.25) is 0 Å². The van der Waals surface area contributed by atoms with Gasteiger partial charge in [-0.2, -0.15) is 0 Å². The molecule has 0 aliphatic heterocycles. The van der Waals surface area contributed by atoms with Crippen molar-refractivity contribution in [3.63, 3.8) is 0 Å². The summed E-state index contributed by atoms with van der Waals surface area (Å²) in [5.74, 6) is 0. The maximum absolute atomic E-state index is 11.3. The van der Waals surface area contributed by atoms with Crippen LogP contribution in [-0.4, -0.2) is 19.9 Å². The summed E-state index contributed by atoms with van der Waals surface area (Å²) >= 11 is 0. The number of nitrogens with one attached hydrogen (secondary N) is 2. The number of carbonyl (C=O) groups is 1. The highest BCUT2D eigenvalue weighted by atomic mass is 16.5. The number of anilines is 1. The number of para-hydroxylation sites is 1. The molecule has 0 heterocycles. The molecule has 0 aliphatic carbocycles. The SMILES string of the molecule is CCc1ccccc1NC(=O)NCOC. The molecular formula is C11H16N2O2. The number of benzene rings is 1. The van der Waals surface area contributed by atoms with Gasteiger partial charge in [-0.1, -0.05) is 25.1 Å². The van der Waals surface area contributed by atoms with E-state index in [0.717, 1.165) is 17.7 Å². The summed E-state index contributed by atoms with van der Waals surface area (Å²) in [6.45, 7) is 2.26. The fourth-order valence-corrected chi connectivity index (χ4v) is 1.25. The molecular weight excluding hydrogens is 192 g/mol. The highest BCUT2D eigenvalue weighted by molar-refractivity contribution is 5.89. The van der Waals surface area contributed by atoms with Crippen molar-refractivity contribution in [2.45, 2.75) is 13.3 Å². The number of urea groups is 1. The third-order valence-corrected chi connectivity index (χ3v) is 2.02. The molecule has 0 aromatic heterocycles. The van der Waals surface area contributed by atoms with E-state index < -0.39 is 0 Å². The molecule has 0 saturated heterocycles. The molecule has 0 aliphatic rings.